The van der Waals surface area contributed by atoms with Gasteiger partial charge >= 0.3 is 11.9 Å². The fourth-order valence-electron chi connectivity index (χ4n) is 4.07. The third kappa shape index (κ3) is 1.54. The number of benzene rings is 2. The Kier molecular flexibility index (Phi) is 2.47. The van der Waals surface area contributed by atoms with Crippen molar-refractivity contribution in [3.8, 4) is 28.3 Å². The lowest BCUT2D eigenvalue weighted by atomic mass is 9.86. The smallest absolute Gasteiger partial charge is 0.349 e. The third-order valence-corrected chi connectivity index (χ3v) is 5.13. The molecule has 1 fully saturated rings. The molecule has 28 heavy (non-hydrogen) atoms. The SMILES string of the molecule is O=C1NC(=O)C2(N1)c1cc(F)ccc1-c1c2cc(F)c2c1-c1nn[nH][n+]1NO2. The molecule has 6 rings (SSSR count). The molecule has 3 aliphatic rings. The zero-order chi connectivity index (χ0) is 19.2. The van der Waals surface area contributed by atoms with E-state index in [9.17, 15) is 18.4 Å². The molecule has 12 heteroatoms. The van der Waals surface area contributed by atoms with Crippen molar-refractivity contribution < 1.29 is 28.0 Å². The highest BCUT2D eigenvalue weighted by atomic mass is 19.1. The lowest BCUT2D eigenvalue weighted by molar-refractivity contribution is -0.724. The van der Waals surface area contributed by atoms with Crippen LogP contribution in [-0.4, -0.2) is 27.5 Å². The molecule has 2 aliphatic heterocycles. The lowest BCUT2D eigenvalue weighted by Gasteiger charge is -2.24. The fourth-order valence-corrected chi connectivity index (χ4v) is 4.07. The average Bonchev–Trinajstić information content (AvgIpc) is 3.32. The molecule has 2 aromatic carbocycles. The van der Waals surface area contributed by atoms with E-state index in [0.29, 0.717) is 11.1 Å². The lowest BCUT2D eigenvalue weighted by Crippen LogP contribution is -2.52. The van der Waals surface area contributed by atoms with Crippen LogP contribution in [0.3, 0.4) is 0 Å². The number of tetrazole rings is 1. The maximum Gasteiger partial charge on any atom is 0.362 e. The summed E-state index contributed by atoms with van der Waals surface area (Å²) in [4.78, 5) is 31.2. The summed E-state index contributed by atoms with van der Waals surface area (Å²) in [5.74, 6) is -2.11. The molecular weight excluding hydrogens is 376 g/mol. The summed E-state index contributed by atoms with van der Waals surface area (Å²) in [6.07, 6.45) is 0. The normalized spacial score (nSPS) is 20.5. The number of carbonyl (C=O) groups excluding carboxylic acids is 2. The molecule has 10 nitrogen and oxygen atoms in total. The van der Waals surface area contributed by atoms with E-state index in [0.717, 1.165) is 12.1 Å². The van der Waals surface area contributed by atoms with E-state index in [4.69, 9.17) is 4.84 Å². The molecular formula is C16H8F2N7O3+. The number of rotatable bonds is 0. The van der Waals surface area contributed by atoms with Gasteiger partial charge in [-0.2, -0.15) is 0 Å². The maximum atomic E-state index is 14.9. The standard InChI is InChI=1S/C16H7F2N7O3/c17-5-1-2-6-7(3-5)16(14(26)19-15(27)20-16)8-4-9(18)12-11(10(6)8)13-21-22-23-25(13)24-28-12/h1-4,24H,(H2,19,20,26,27)/p+1. The van der Waals surface area contributed by atoms with Gasteiger partial charge in [0.05, 0.1) is 0 Å². The first-order valence-electron chi connectivity index (χ1n) is 8.08. The molecule has 1 spiro atoms. The molecule has 3 heterocycles. The second-order valence-electron chi connectivity index (χ2n) is 6.49. The number of nitrogens with zero attached hydrogens (tertiary/aromatic N) is 3. The van der Waals surface area contributed by atoms with E-state index in [1.54, 1.807) is 0 Å². The van der Waals surface area contributed by atoms with Crippen LogP contribution in [0, 0.1) is 11.6 Å². The van der Waals surface area contributed by atoms with Crippen molar-refractivity contribution >= 4 is 11.9 Å². The minimum atomic E-state index is -1.76. The minimum absolute atomic E-state index is 0.146. The highest BCUT2D eigenvalue weighted by Gasteiger charge is 2.57. The van der Waals surface area contributed by atoms with Crippen LogP contribution in [0.15, 0.2) is 24.3 Å². The van der Waals surface area contributed by atoms with E-state index in [-0.39, 0.29) is 28.3 Å². The van der Waals surface area contributed by atoms with Gasteiger partial charge in [-0.25, -0.2) is 13.6 Å². The van der Waals surface area contributed by atoms with E-state index in [1.165, 1.54) is 16.9 Å². The Morgan fingerprint density at radius 3 is 2.75 bits per heavy atom. The third-order valence-electron chi connectivity index (χ3n) is 5.13. The number of hydrogen-bond acceptors (Lipinski definition) is 6. The molecule has 0 radical (unpaired) electrons. The van der Waals surface area contributed by atoms with Crippen molar-refractivity contribution in [3.05, 3.63) is 47.0 Å². The number of carbonyl (C=O) groups is 2. The Morgan fingerprint density at radius 1 is 1.11 bits per heavy atom. The van der Waals surface area contributed by atoms with Crippen molar-refractivity contribution in [1.82, 2.24) is 26.2 Å². The number of aromatic amines is 1. The summed E-state index contributed by atoms with van der Waals surface area (Å²) in [6.45, 7) is 0. The zero-order valence-electron chi connectivity index (χ0n) is 13.6. The van der Waals surface area contributed by atoms with Crippen LogP contribution in [0.2, 0.25) is 0 Å². The van der Waals surface area contributed by atoms with E-state index in [2.05, 4.69) is 31.7 Å². The zero-order valence-corrected chi connectivity index (χ0v) is 13.6. The van der Waals surface area contributed by atoms with E-state index in [1.807, 2.05) is 0 Å². The van der Waals surface area contributed by atoms with Crippen molar-refractivity contribution in [2.24, 2.45) is 0 Å². The van der Waals surface area contributed by atoms with Gasteiger partial charge in [0.15, 0.2) is 16.6 Å². The van der Waals surface area contributed by atoms with Crippen molar-refractivity contribution in [3.63, 3.8) is 0 Å². The second-order valence-corrected chi connectivity index (χ2v) is 6.49. The molecule has 3 amide bonds. The van der Waals surface area contributed by atoms with Gasteiger partial charge in [-0.05, 0) is 33.8 Å². The molecule has 1 aliphatic carbocycles. The molecule has 138 valence electrons. The van der Waals surface area contributed by atoms with Crippen LogP contribution in [0.5, 0.6) is 5.75 Å². The van der Waals surface area contributed by atoms with Gasteiger partial charge in [0, 0.05) is 16.7 Å². The Morgan fingerprint density at radius 2 is 1.96 bits per heavy atom. The maximum absolute atomic E-state index is 14.9. The monoisotopic (exact) mass is 384 g/mol. The molecule has 1 atom stereocenters. The Labute approximate surface area is 153 Å². The number of fused-ring (bicyclic) bond motifs is 9. The first kappa shape index (κ1) is 15.0. The van der Waals surface area contributed by atoms with Gasteiger partial charge in [0.2, 0.25) is 5.75 Å². The number of aromatic nitrogens is 4. The van der Waals surface area contributed by atoms with E-state index >= 15 is 0 Å². The number of urea groups is 1. The van der Waals surface area contributed by atoms with Crippen LogP contribution in [0.1, 0.15) is 11.1 Å². The molecule has 0 bridgehead atoms. The summed E-state index contributed by atoms with van der Waals surface area (Å²) in [6, 6.07) is 4.14. The van der Waals surface area contributed by atoms with Crippen LogP contribution in [0.4, 0.5) is 13.6 Å². The summed E-state index contributed by atoms with van der Waals surface area (Å²) >= 11 is 0. The quantitative estimate of drug-likeness (QED) is 0.318. The van der Waals surface area contributed by atoms with Crippen LogP contribution in [-0.2, 0) is 10.3 Å². The van der Waals surface area contributed by atoms with Gasteiger partial charge in [-0.1, -0.05) is 11.7 Å². The van der Waals surface area contributed by atoms with Crippen molar-refractivity contribution in [2.75, 3.05) is 5.59 Å². The Hall–Kier alpha value is -4.09. The number of H-pyrrole nitrogens is 1. The average molecular weight is 384 g/mol. The molecule has 1 aromatic heterocycles. The summed E-state index contributed by atoms with van der Waals surface area (Å²) in [5.41, 5.74) is 2.02. The molecule has 1 saturated heterocycles. The van der Waals surface area contributed by atoms with Gasteiger partial charge in [-0.3, -0.25) is 10.1 Å². The van der Waals surface area contributed by atoms with Crippen molar-refractivity contribution in [1.29, 1.82) is 0 Å². The first-order valence-corrected chi connectivity index (χ1v) is 8.08. The predicted octanol–water partition coefficient (Wildman–Crippen LogP) is -0.0483. The highest BCUT2D eigenvalue weighted by molar-refractivity contribution is 6.14. The molecule has 4 N–H and O–H groups in total. The number of imide groups is 1. The highest BCUT2D eigenvalue weighted by Crippen LogP contribution is 2.55. The Balaban J connectivity index is 1.80. The second kappa shape index (κ2) is 4.60. The number of nitrogens with one attached hydrogen (secondary N) is 4. The molecule has 1 unspecified atom stereocenters. The van der Waals surface area contributed by atoms with Crippen LogP contribution >= 0.6 is 0 Å². The molecule has 0 saturated carbocycles. The predicted molar refractivity (Wildman–Crippen MR) is 84.8 cm³/mol. The largest absolute Gasteiger partial charge is 0.362 e. The van der Waals surface area contributed by atoms with Gasteiger partial charge < -0.3 is 10.2 Å². The first-order chi connectivity index (χ1) is 13.5. The van der Waals surface area contributed by atoms with Crippen LogP contribution in [0.25, 0.3) is 22.5 Å². The Bertz CT molecular complexity index is 1260. The van der Waals surface area contributed by atoms with Gasteiger partial charge in [-0.15, -0.1) is 0 Å². The summed E-state index contributed by atoms with van der Waals surface area (Å²) in [5, 5.41) is 14.8. The summed E-state index contributed by atoms with van der Waals surface area (Å²) in [7, 11) is 0. The van der Waals surface area contributed by atoms with Gasteiger partial charge in [0.25, 0.3) is 5.91 Å². The number of hydrogen-bond donors (Lipinski definition) is 4. The van der Waals surface area contributed by atoms with Crippen LogP contribution < -0.4 is 25.9 Å². The van der Waals surface area contributed by atoms with Gasteiger partial charge in [0.1, 0.15) is 16.5 Å². The number of halogens is 2. The number of amides is 3. The fraction of sp³-hybridized carbons (Fsp3) is 0.0625. The van der Waals surface area contributed by atoms with Crippen molar-refractivity contribution in [2.45, 2.75) is 5.54 Å². The minimum Gasteiger partial charge on any atom is -0.349 e. The topological polar surface area (TPSA) is 125 Å². The summed E-state index contributed by atoms with van der Waals surface area (Å²) < 4.78 is 29.0. The van der Waals surface area contributed by atoms with E-state index < -0.39 is 29.1 Å². The molecule has 3 aromatic rings.